The number of aromatic nitrogens is 6. The standard InChI is InChI=1S/C25H32N8O/c1-24-9-4-10-25(2,31-24)13-18(12-24)33(17-6-7-17)21-14-26-23(29-28-21)19-8-5-16(11-20(19)34)22-27-15-32(3)30-22/h5,8,11,14-15,17-18,31,34H,4,6-7,9-10,12-13H2,1-3H3/t18?,24-,25+. The van der Waals surface area contributed by atoms with Crippen molar-refractivity contribution in [3.05, 3.63) is 30.7 Å². The summed E-state index contributed by atoms with van der Waals surface area (Å²) in [6, 6.07) is 6.27. The third kappa shape index (κ3) is 3.91. The zero-order valence-electron chi connectivity index (χ0n) is 20.1. The maximum atomic E-state index is 10.7. The predicted octanol–water partition coefficient (Wildman–Crippen LogP) is 3.46. The van der Waals surface area contributed by atoms with E-state index in [1.54, 1.807) is 23.1 Å². The fourth-order valence-electron chi connectivity index (χ4n) is 6.20. The van der Waals surface area contributed by atoms with Crippen LogP contribution < -0.4 is 10.2 Å². The summed E-state index contributed by atoms with van der Waals surface area (Å²) in [6.07, 6.45) is 11.8. The molecule has 0 amide bonds. The van der Waals surface area contributed by atoms with E-state index in [2.05, 4.69) is 49.3 Å². The molecule has 3 aromatic rings. The van der Waals surface area contributed by atoms with Crippen LogP contribution in [0.4, 0.5) is 5.82 Å². The van der Waals surface area contributed by atoms with Gasteiger partial charge in [-0.1, -0.05) is 6.07 Å². The van der Waals surface area contributed by atoms with Crippen LogP contribution in [0.15, 0.2) is 30.7 Å². The molecule has 1 aromatic carbocycles. The third-order valence-corrected chi connectivity index (χ3v) is 7.68. The van der Waals surface area contributed by atoms with Gasteiger partial charge >= 0.3 is 0 Å². The Hall–Kier alpha value is -3.07. The lowest BCUT2D eigenvalue weighted by Crippen LogP contribution is -2.67. The number of phenolic OH excluding ortho intramolecular Hbond substituents is 1. The van der Waals surface area contributed by atoms with E-state index in [9.17, 15) is 5.11 Å². The molecule has 178 valence electrons. The Labute approximate surface area is 199 Å². The van der Waals surface area contributed by atoms with E-state index in [1.807, 2.05) is 19.3 Å². The monoisotopic (exact) mass is 460 g/mol. The molecule has 2 saturated heterocycles. The van der Waals surface area contributed by atoms with Gasteiger partial charge in [-0.15, -0.1) is 10.2 Å². The number of benzene rings is 1. The Morgan fingerprint density at radius 2 is 1.79 bits per heavy atom. The van der Waals surface area contributed by atoms with Crippen molar-refractivity contribution in [1.82, 2.24) is 35.3 Å². The highest BCUT2D eigenvalue weighted by atomic mass is 16.3. The van der Waals surface area contributed by atoms with E-state index >= 15 is 0 Å². The van der Waals surface area contributed by atoms with Crippen molar-refractivity contribution in [2.24, 2.45) is 7.05 Å². The van der Waals surface area contributed by atoms with Gasteiger partial charge in [-0.05, 0) is 70.9 Å². The number of piperidine rings is 2. The molecule has 1 saturated carbocycles. The molecular formula is C25H32N8O. The predicted molar refractivity (Wildman–Crippen MR) is 129 cm³/mol. The Morgan fingerprint density at radius 3 is 2.38 bits per heavy atom. The molecule has 34 heavy (non-hydrogen) atoms. The summed E-state index contributed by atoms with van der Waals surface area (Å²) < 4.78 is 1.63. The lowest BCUT2D eigenvalue weighted by molar-refractivity contribution is 0.0766. The highest BCUT2D eigenvalue weighted by Gasteiger charge is 2.49. The average molecular weight is 461 g/mol. The minimum atomic E-state index is 0.0885. The average Bonchev–Trinajstić information content (AvgIpc) is 3.52. The fourth-order valence-corrected chi connectivity index (χ4v) is 6.20. The van der Waals surface area contributed by atoms with Gasteiger partial charge in [-0.25, -0.2) is 9.97 Å². The Bertz CT molecular complexity index is 1190. The molecule has 1 aliphatic carbocycles. The first-order valence-electron chi connectivity index (χ1n) is 12.3. The number of hydrogen-bond acceptors (Lipinski definition) is 8. The van der Waals surface area contributed by atoms with Crippen LogP contribution in [-0.2, 0) is 7.05 Å². The number of nitrogens with zero attached hydrogens (tertiary/aromatic N) is 7. The van der Waals surface area contributed by atoms with E-state index in [4.69, 9.17) is 0 Å². The first-order valence-corrected chi connectivity index (χ1v) is 12.3. The largest absolute Gasteiger partial charge is 0.507 e. The van der Waals surface area contributed by atoms with Crippen LogP contribution in [-0.4, -0.2) is 58.2 Å². The van der Waals surface area contributed by atoms with E-state index in [0.717, 1.165) is 24.2 Å². The van der Waals surface area contributed by atoms with Crippen LogP contribution in [0, 0.1) is 0 Å². The minimum Gasteiger partial charge on any atom is -0.507 e. The fraction of sp³-hybridized carbons (Fsp3) is 0.560. The van der Waals surface area contributed by atoms with Crippen LogP contribution in [0.25, 0.3) is 22.8 Å². The normalized spacial score (nSPS) is 28.6. The minimum absolute atomic E-state index is 0.0885. The molecule has 3 atom stereocenters. The van der Waals surface area contributed by atoms with Crippen LogP contribution in [0.3, 0.4) is 0 Å². The summed E-state index contributed by atoms with van der Waals surface area (Å²) in [7, 11) is 1.81. The number of rotatable bonds is 5. The molecular weight excluding hydrogens is 428 g/mol. The van der Waals surface area contributed by atoms with Crippen molar-refractivity contribution in [1.29, 1.82) is 0 Å². The van der Waals surface area contributed by atoms with Gasteiger partial charge in [0.05, 0.1) is 11.8 Å². The van der Waals surface area contributed by atoms with Gasteiger partial charge in [0.1, 0.15) is 12.1 Å². The lowest BCUT2D eigenvalue weighted by atomic mass is 9.69. The van der Waals surface area contributed by atoms with Gasteiger partial charge < -0.3 is 15.3 Å². The van der Waals surface area contributed by atoms with Crippen molar-refractivity contribution in [2.75, 3.05) is 4.90 Å². The topological polar surface area (TPSA) is 105 Å². The summed E-state index contributed by atoms with van der Waals surface area (Å²) in [5, 5.41) is 27.9. The first kappa shape index (κ1) is 21.5. The molecule has 9 heteroatoms. The van der Waals surface area contributed by atoms with Crippen molar-refractivity contribution in [3.63, 3.8) is 0 Å². The number of hydrogen-bond donors (Lipinski definition) is 2. The number of aromatic hydroxyl groups is 1. The quantitative estimate of drug-likeness (QED) is 0.596. The molecule has 2 N–H and O–H groups in total. The summed E-state index contributed by atoms with van der Waals surface area (Å²) in [4.78, 5) is 11.4. The number of anilines is 1. The van der Waals surface area contributed by atoms with E-state index in [1.165, 1.54) is 32.1 Å². The second-order valence-corrected chi connectivity index (χ2v) is 10.9. The van der Waals surface area contributed by atoms with Gasteiger partial charge in [0, 0.05) is 35.8 Å². The Balaban J connectivity index is 1.26. The van der Waals surface area contributed by atoms with E-state index < -0.39 is 0 Å². The molecule has 0 spiro atoms. The molecule has 2 bridgehead atoms. The van der Waals surface area contributed by atoms with Gasteiger partial charge in [-0.2, -0.15) is 5.10 Å². The molecule has 1 unspecified atom stereocenters. The molecule has 0 radical (unpaired) electrons. The lowest BCUT2D eigenvalue weighted by Gasteiger charge is -2.55. The van der Waals surface area contributed by atoms with Crippen molar-refractivity contribution < 1.29 is 5.11 Å². The van der Waals surface area contributed by atoms with Crippen molar-refractivity contribution >= 4 is 5.82 Å². The van der Waals surface area contributed by atoms with Gasteiger partial charge in [0.2, 0.25) is 0 Å². The van der Waals surface area contributed by atoms with Gasteiger partial charge in [0.25, 0.3) is 0 Å². The third-order valence-electron chi connectivity index (χ3n) is 7.68. The second kappa shape index (κ2) is 7.73. The number of phenols is 1. The molecule has 2 aliphatic heterocycles. The van der Waals surface area contributed by atoms with Crippen LogP contribution >= 0.6 is 0 Å². The SMILES string of the molecule is Cn1cnc(-c2ccc(-c3ncc(N(C4CC4)C4C[C@]5(C)CCC[C@](C)(C4)N5)nn3)c(O)c2)n1. The van der Waals surface area contributed by atoms with E-state index in [0.29, 0.717) is 29.3 Å². The Kier molecular flexibility index (Phi) is 4.88. The van der Waals surface area contributed by atoms with Crippen molar-refractivity contribution in [2.45, 2.75) is 82.0 Å². The molecule has 3 aliphatic rings. The molecule has 2 aromatic heterocycles. The van der Waals surface area contributed by atoms with Crippen LogP contribution in [0.1, 0.15) is 58.8 Å². The van der Waals surface area contributed by atoms with Gasteiger partial charge in [0.15, 0.2) is 17.5 Å². The molecule has 9 nitrogen and oxygen atoms in total. The maximum Gasteiger partial charge on any atom is 0.185 e. The number of fused-ring (bicyclic) bond motifs is 2. The summed E-state index contributed by atoms with van der Waals surface area (Å²) in [5.41, 5.74) is 1.65. The van der Waals surface area contributed by atoms with Crippen LogP contribution in [0.2, 0.25) is 0 Å². The molecule has 4 heterocycles. The Morgan fingerprint density at radius 1 is 1.03 bits per heavy atom. The van der Waals surface area contributed by atoms with E-state index in [-0.39, 0.29) is 16.8 Å². The van der Waals surface area contributed by atoms with Crippen LogP contribution in [0.5, 0.6) is 5.75 Å². The zero-order chi connectivity index (χ0) is 23.5. The second-order valence-electron chi connectivity index (χ2n) is 10.9. The summed E-state index contributed by atoms with van der Waals surface area (Å²) >= 11 is 0. The highest BCUT2D eigenvalue weighted by Crippen LogP contribution is 2.45. The van der Waals surface area contributed by atoms with Crippen molar-refractivity contribution in [3.8, 4) is 28.5 Å². The molecule has 6 rings (SSSR count). The summed E-state index contributed by atoms with van der Waals surface area (Å²) in [5.74, 6) is 1.91. The molecule has 3 fully saturated rings. The van der Waals surface area contributed by atoms with Gasteiger partial charge in [-0.3, -0.25) is 4.68 Å². The first-order chi connectivity index (χ1) is 16.3. The number of nitrogens with one attached hydrogen (secondary N) is 1. The maximum absolute atomic E-state index is 10.7. The number of aryl methyl sites for hydroxylation is 1. The summed E-state index contributed by atoms with van der Waals surface area (Å²) in [6.45, 7) is 4.75. The smallest absolute Gasteiger partial charge is 0.185 e. The highest BCUT2D eigenvalue weighted by molar-refractivity contribution is 5.70. The zero-order valence-corrected chi connectivity index (χ0v) is 20.1.